The maximum atomic E-state index is 15.7. The minimum atomic E-state index is -1.43. The molecule has 1 atom stereocenters. The summed E-state index contributed by atoms with van der Waals surface area (Å²) in [5, 5.41) is 12.4. The van der Waals surface area contributed by atoms with Gasteiger partial charge < -0.3 is 15.3 Å². The van der Waals surface area contributed by atoms with Crippen molar-refractivity contribution in [1.82, 2.24) is 9.97 Å². The van der Waals surface area contributed by atoms with Crippen molar-refractivity contribution >= 4 is 17.6 Å². The highest BCUT2D eigenvalue weighted by molar-refractivity contribution is 5.68. The maximum absolute atomic E-state index is 15.7. The average molecular weight is 497 g/mol. The molecule has 4 rings (SSSR count). The maximum Gasteiger partial charge on any atom is 0.305 e. The highest BCUT2D eigenvalue weighted by atomic mass is 19.1. The number of carboxylic acids is 1. The molecule has 1 aromatic heterocycles. The lowest BCUT2D eigenvalue weighted by Crippen LogP contribution is -2.29. The lowest BCUT2D eigenvalue weighted by atomic mass is 9.98. The van der Waals surface area contributed by atoms with Crippen LogP contribution in [0.1, 0.15) is 69.9 Å². The number of aliphatic carboxylic acids is 1. The molecule has 1 fully saturated rings. The number of hydrogen-bond acceptors (Lipinski definition) is 5. The van der Waals surface area contributed by atoms with Gasteiger partial charge in [-0.1, -0.05) is 48.1 Å². The van der Waals surface area contributed by atoms with Gasteiger partial charge >= 0.3 is 5.97 Å². The highest BCUT2D eigenvalue weighted by Crippen LogP contribution is 2.35. The zero-order chi connectivity index (χ0) is 25.7. The molecule has 0 spiro atoms. The molecule has 6 nitrogen and oxygen atoms in total. The van der Waals surface area contributed by atoms with Gasteiger partial charge in [-0.2, -0.15) is 4.39 Å². The quantitative estimate of drug-likeness (QED) is 0.359. The number of carboxylic acid groups (broad SMARTS) is 1. The van der Waals surface area contributed by atoms with E-state index < -0.39 is 23.5 Å². The van der Waals surface area contributed by atoms with E-state index in [1.54, 1.807) is 12.1 Å². The van der Waals surface area contributed by atoms with E-state index >= 15 is 4.39 Å². The molecule has 0 amide bonds. The SMILES string of the molecule is CC(C)(F)c1ccc(CN(c2ncnc(NC(CCC3=CCCC=C3)CC(=O)O)c2F)C2CC2)cc1. The normalized spacial score (nSPS) is 16.4. The third-order valence-electron chi connectivity index (χ3n) is 6.64. The van der Waals surface area contributed by atoms with Crippen LogP contribution in [0.5, 0.6) is 0 Å². The van der Waals surface area contributed by atoms with Crippen LogP contribution in [0.15, 0.2) is 54.4 Å². The Labute approximate surface area is 211 Å². The van der Waals surface area contributed by atoms with E-state index in [1.807, 2.05) is 17.0 Å². The second-order valence-electron chi connectivity index (χ2n) is 10.1. The van der Waals surface area contributed by atoms with E-state index in [0.29, 0.717) is 24.9 Å². The number of alkyl halides is 1. The van der Waals surface area contributed by atoms with Gasteiger partial charge in [0, 0.05) is 18.6 Å². The minimum Gasteiger partial charge on any atom is -0.481 e. The summed E-state index contributed by atoms with van der Waals surface area (Å²) in [5.74, 6) is -1.33. The van der Waals surface area contributed by atoms with Crippen molar-refractivity contribution in [3.63, 3.8) is 0 Å². The topological polar surface area (TPSA) is 78.4 Å². The van der Waals surface area contributed by atoms with Crippen molar-refractivity contribution in [3.8, 4) is 0 Å². The first-order valence-electron chi connectivity index (χ1n) is 12.6. The molecule has 1 aromatic carbocycles. The van der Waals surface area contributed by atoms with E-state index in [4.69, 9.17) is 0 Å². The van der Waals surface area contributed by atoms with Crippen molar-refractivity contribution in [2.45, 2.75) is 83.1 Å². The van der Waals surface area contributed by atoms with Crippen molar-refractivity contribution in [1.29, 1.82) is 0 Å². The molecule has 1 saturated carbocycles. The first kappa shape index (κ1) is 25.8. The smallest absolute Gasteiger partial charge is 0.305 e. The Kier molecular flexibility index (Phi) is 8.01. The Morgan fingerprint density at radius 2 is 1.97 bits per heavy atom. The number of aromatic nitrogens is 2. The first-order chi connectivity index (χ1) is 17.2. The Bertz CT molecular complexity index is 1120. The van der Waals surface area contributed by atoms with Gasteiger partial charge in [0.1, 0.15) is 12.0 Å². The Hall–Kier alpha value is -3.29. The number of rotatable bonds is 12. The van der Waals surface area contributed by atoms with Crippen molar-refractivity contribution in [2.24, 2.45) is 0 Å². The molecule has 192 valence electrons. The Balaban J connectivity index is 1.50. The Morgan fingerprint density at radius 1 is 1.22 bits per heavy atom. The third kappa shape index (κ3) is 6.89. The highest BCUT2D eigenvalue weighted by Gasteiger charge is 2.33. The molecule has 0 bridgehead atoms. The van der Waals surface area contributed by atoms with Crippen LogP contribution in [0.3, 0.4) is 0 Å². The molecule has 36 heavy (non-hydrogen) atoms. The number of hydrogen-bond donors (Lipinski definition) is 2. The lowest BCUT2D eigenvalue weighted by Gasteiger charge is -2.26. The number of allylic oxidation sites excluding steroid dienone is 4. The molecule has 0 aliphatic heterocycles. The zero-order valence-electron chi connectivity index (χ0n) is 20.9. The first-order valence-corrected chi connectivity index (χ1v) is 12.6. The van der Waals surface area contributed by atoms with Gasteiger partial charge in [-0.05, 0) is 63.5 Å². The fourth-order valence-corrected chi connectivity index (χ4v) is 4.45. The van der Waals surface area contributed by atoms with Crippen LogP contribution >= 0.6 is 0 Å². The molecule has 0 saturated heterocycles. The van der Waals surface area contributed by atoms with Gasteiger partial charge in [0.2, 0.25) is 5.82 Å². The van der Waals surface area contributed by atoms with Crippen molar-refractivity contribution in [3.05, 3.63) is 71.3 Å². The summed E-state index contributed by atoms with van der Waals surface area (Å²) in [7, 11) is 0. The molecular formula is C28H34F2N4O2. The summed E-state index contributed by atoms with van der Waals surface area (Å²) >= 11 is 0. The van der Waals surface area contributed by atoms with E-state index in [0.717, 1.165) is 31.2 Å². The monoisotopic (exact) mass is 496 g/mol. The van der Waals surface area contributed by atoms with Gasteiger partial charge in [-0.15, -0.1) is 0 Å². The van der Waals surface area contributed by atoms with E-state index in [9.17, 15) is 14.3 Å². The summed E-state index contributed by atoms with van der Waals surface area (Å²) in [6.07, 6.45) is 12.7. The molecule has 2 aromatic rings. The summed E-state index contributed by atoms with van der Waals surface area (Å²) in [6.45, 7) is 3.47. The third-order valence-corrected chi connectivity index (χ3v) is 6.64. The fraction of sp³-hybridized carbons (Fsp3) is 0.464. The van der Waals surface area contributed by atoms with Crippen LogP contribution in [0.25, 0.3) is 0 Å². The standard InChI is InChI=1S/C28H34F2N4O2/c1-28(2,30)21-11-8-20(9-12-21)17-34(23-14-15-23)27-25(29)26(31-18-32-27)33-22(16-24(35)36)13-10-19-6-4-3-5-7-19/h4,6-9,11-12,18,22-23H,3,5,10,13-17H2,1-2H3,(H,35,36)(H,31,32,33). The number of anilines is 2. The second-order valence-corrected chi connectivity index (χ2v) is 10.1. The molecule has 2 N–H and O–H groups in total. The second kappa shape index (κ2) is 11.2. The number of nitrogens with one attached hydrogen (secondary N) is 1. The number of carbonyl (C=O) groups is 1. The minimum absolute atomic E-state index is 0.0135. The van der Waals surface area contributed by atoms with Gasteiger partial charge in [-0.25, -0.2) is 14.4 Å². The van der Waals surface area contributed by atoms with Gasteiger partial charge in [-0.3, -0.25) is 4.79 Å². The van der Waals surface area contributed by atoms with Crippen LogP contribution in [-0.2, 0) is 17.0 Å². The van der Waals surface area contributed by atoms with Crippen molar-refractivity contribution < 1.29 is 18.7 Å². The lowest BCUT2D eigenvalue weighted by molar-refractivity contribution is -0.137. The molecule has 2 aliphatic carbocycles. The van der Waals surface area contributed by atoms with Crippen LogP contribution in [0, 0.1) is 5.82 Å². The summed E-state index contributed by atoms with van der Waals surface area (Å²) in [5.41, 5.74) is 1.27. The van der Waals surface area contributed by atoms with E-state index in [2.05, 4.69) is 33.5 Å². The van der Waals surface area contributed by atoms with Crippen LogP contribution in [-0.4, -0.2) is 33.1 Å². The molecule has 8 heteroatoms. The molecule has 0 radical (unpaired) electrons. The zero-order valence-corrected chi connectivity index (χ0v) is 20.9. The largest absolute Gasteiger partial charge is 0.481 e. The van der Waals surface area contributed by atoms with Gasteiger partial charge in [0.05, 0.1) is 6.42 Å². The fourth-order valence-electron chi connectivity index (χ4n) is 4.45. The Morgan fingerprint density at radius 3 is 2.58 bits per heavy atom. The van der Waals surface area contributed by atoms with Gasteiger partial charge in [0.15, 0.2) is 11.6 Å². The molecule has 1 heterocycles. The molecular weight excluding hydrogens is 462 g/mol. The molecule has 2 aliphatic rings. The van der Waals surface area contributed by atoms with Gasteiger partial charge in [0.25, 0.3) is 0 Å². The molecule has 1 unspecified atom stereocenters. The predicted octanol–water partition coefficient (Wildman–Crippen LogP) is 6.30. The summed E-state index contributed by atoms with van der Waals surface area (Å²) in [4.78, 5) is 21.7. The predicted molar refractivity (Wildman–Crippen MR) is 137 cm³/mol. The van der Waals surface area contributed by atoms with Crippen LogP contribution in [0.2, 0.25) is 0 Å². The van der Waals surface area contributed by atoms with E-state index in [-0.39, 0.29) is 24.1 Å². The number of halogens is 2. The summed E-state index contributed by atoms with van der Waals surface area (Å²) in [6, 6.07) is 6.94. The number of benzene rings is 1. The van der Waals surface area contributed by atoms with Crippen LogP contribution in [0.4, 0.5) is 20.4 Å². The summed E-state index contributed by atoms with van der Waals surface area (Å²) < 4.78 is 29.9. The van der Waals surface area contributed by atoms with Crippen LogP contribution < -0.4 is 10.2 Å². The number of nitrogens with zero attached hydrogens (tertiary/aromatic N) is 3. The average Bonchev–Trinajstić information content (AvgIpc) is 3.68. The van der Waals surface area contributed by atoms with Crippen molar-refractivity contribution in [2.75, 3.05) is 10.2 Å². The van der Waals surface area contributed by atoms with E-state index in [1.165, 1.54) is 25.7 Å².